The molecule has 0 amide bonds. The van der Waals surface area contributed by atoms with Crippen LogP contribution in [0.25, 0.3) is 0 Å². The minimum atomic E-state index is -4.36. The van der Waals surface area contributed by atoms with Crippen LogP contribution in [0, 0.1) is 0 Å². The minimum Gasteiger partial charge on any atom is -0.481 e. The number of carbonyl (C=O) groups is 1. The molecule has 1 aromatic carbocycles. The van der Waals surface area contributed by atoms with Crippen LogP contribution in [-0.2, 0) is 15.7 Å². The van der Waals surface area contributed by atoms with Crippen LogP contribution in [0.3, 0.4) is 0 Å². The molecule has 0 saturated carbocycles. The lowest BCUT2D eigenvalue weighted by Gasteiger charge is -2.09. The molecule has 0 radical (unpaired) electrons. The number of carboxylic acids is 1. The fourth-order valence-electron chi connectivity index (χ4n) is 1.84. The first kappa shape index (κ1) is 14.4. The van der Waals surface area contributed by atoms with Gasteiger partial charge in [-0.1, -0.05) is 12.1 Å². The summed E-state index contributed by atoms with van der Waals surface area (Å²) in [6.45, 7) is 0.223. The molecule has 2 rings (SSSR count). The number of halogens is 3. The molecule has 0 aromatic heterocycles. The summed E-state index contributed by atoms with van der Waals surface area (Å²) in [4.78, 5) is 14.6. The van der Waals surface area contributed by atoms with Gasteiger partial charge in [0.25, 0.3) is 0 Å². The van der Waals surface area contributed by atoms with Gasteiger partial charge in [0, 0.05) is 6.42 Å². The standard InChI is InChI=1S/C13H12F3NO3/c14-13(15,16)9-3-1-8(2-4-9)10-7-20-11(17-10)5-6-12(18)19/h1-4,10H,5-7H2,(H,18,19). The Balaban J connectivity index is 2.04. The van der Waals surface area contributed by atoms with Crippen molar-refractivity contribution in [1.29, 1.82) is 0 Å². The van der Waals surface area contributed by atoms with Gasteiger partial charge in [0.2, 0.25) is 0 Å². The molecular formula is C13H12F3NO3. The predicted octanol–water partition coefficient (Wildman–Crippen LogP) is 3.04. The van der Waals surface area contributed by atoms with Crippen molar-refractivity contribution in [3.63, 3.8) is 0 Å². The van der Waals surface area contributed by atoms with Crippen molar-refractivity contribution in [2.75, 3.05) is 6.61 Å². The lowest BCUT2D eigenvalue weighted by atomic mass is 10.1. The van der Waals surface area contributed by atoms with Crippen LogP contribution in [-0.4, -0.2) is 23.6 Å². The minimum absolute atomic E-state index is 0.0848. The van der Waals surface area contributed by atoms with Crippen LogP contribution in [0.15, 0.2) is 29.3 Å². The van der Waals surface area contributed by atoms with E-state index < -0.39 is 17.7 Å². The molecule has 1 aliphatic rings. The van der Waals surface area contributed by atoms with Crippen molar-refractivity contribution >= 4 is 11.9 Å². The van der Waals surface area contributed by atoms with E-state index in [-0.39, 0.29) is 25.5 Å². The zero-order chi connectivity index (χ0) is 14.8. The maximum atomic E-state index is 12.4. The molecule has 0 spiro atoms. The van der Waals surface area contributed by atoms with Crippen molar-refractivity contribution in [1.82, 2.24) is 0 Å². The quantitative estimate of drug-likeness (QED) is 0.926. The summed E-state index contributed by atoms with van der Waals surface area (Å²) in [5.41, 5.74) is -0.0985. The van der Waals surface area contributed by atoms with E-state index in [1.54, 1.807) is 0 Å². The highest BCUT2D eigenvalue weighted by atomic mass is 19.4. The third-order valence-corrected chi connectivity index (χ3v) is 2.88. The number of ether oxygens (including phenoxy) is 1. The van der Waals surface area contributed by atoms with E-state index in [1.165, 1.54) is 12.1 Å². The zero-order valence-electron chi connectivity index (χ0n) is 10.4. The normalized spacial score (nSPS) is 18.6. The molecule has 0 aliphatic carbocycles. The fourth-order valence-corrected chi connectivity index (χ4v) is 1.84. The number of alkyl halides is 3. The topological polar surface area (TPSA) is 58.9 Å². The first-order valence-electron chi connectivity index (χ1n) is 5.94. The van der Waals surface area contributed by atoms with Crippen LogP contribution >= 0.6 is 0 Å². The molecule has 1 heterocycles. The molecule has 0 fully saturated rings. The van der Waals surface area contributed by atoms with E-state index in [0.717, 1.165) is 12.1 Å². The summed E-state index contributed by atoms with van der Waals surface area (Å²) in [6.07, 6.45) is -4.26. The molecule has 20 heavy (non-hydrogen) atoms. The zero-order valence-corrected chi connectivity index (χ0v) is 10.4. The molecule has 4 nitrogen and oxygen atoms in total. The van der Waals surface area contributed by atoms with Gasteiger partial charge < -0.3 is 9.84 Å². The monoisotopic (exact) mass is 287 g/mol. The third kappa shape index (κ3) is 3.49. The smallest absolute Gasteiger partial charge is 0.416 e. The van der Waals surface area contributed by atoms with E-state index in [1.807, 2.05) is 0 Å². The van der Waals surface area contributed by atoms with Crippen molar-refractivity contribution in [3.05, 3.63) is 35.4 Å². The number of hydrogen-bond acceptors (Lipinski definition) is 3. The average molecular weight is 287 g/mol. The van der Waals surface area contributed by atoms with Crippen molar-refractivity contribution in [3.8, 4) is 0 Å². The number of carboxylic acid groups (broad SMARTS) is 1. The Kier molecular flexibility index (Phi) is 3.96. The molecule has 108 valence electrons. The Morgan fingerprint density at radius 2 is 2.00 bits per heavy atom. The van der Waals surface area contributed by atoms with E-state index >= 15 is 0 Å². The number of hydrogen-bond donors (Lipinski definition) is 1. The number of nitrogens with zero attached hydrogens (tertiary/aromatic N) is 1. The van der Waals surface area contributed by atoms with E-state index in [0.29, 0.717) is 11.5 Å². The summed E-state index contributed by atoms with van der Waals surface area (Å²) in [6, 6.07) is 4.35. The molecule has 0 bridgehead atoms. The van der Waals surface area contributed by atoms with Crippen LogP contribution in [0.1, 0.15) is 30.0 Å². The van der Waals surface area contributed by atoms with E-state index in [4.69, 9.17) is 9.84 Å². The van der Waals surface area contributed by atoms with Gasteiger partial charge in [0.15, 0.2) is 5.90 Å². The Morgan fingerprint density at radius 1 is 1.35 bits per heavy atom. The van der Waals surface area contributed by atoms with Gasteiger partial charge in [-0.3, -0.25) is 4.79 Å². The second-order valence-corrected chi connectivity index (χ2v) is 4.36. The molecule has 1 aromatic rings. The molecule has 1 aliphatic heterocycles. The number of benzene rings is 1. The second kappa shape index (κ2) is 5.52. The van der Waals surface area contributed by atoms with Gasteiger partial charge in [-0.15, -0.1) is 0 Å². The Morgan fingerprint density at radius 3 is 2.55 bits per heavy atom. The Labute approximate surface area is 112 Å². The van der Waals surface area contributed by atoms with Crippen LogP contribution < -0.4 is 0 Å². The third-order valence-electron chi connectivity index (χ3n) is 2.88. The summed E-state index contributed by atoms with van der Waals surface area (Å²) in [5, 5.41) is 8.55. The average Bonchev–Trinajstić information content (AvgIpc) is 2.84. The molecule has 1 atom stereocenters. The van der Waals surface area contributed by atoms with Crippen molar-refractivity contribution in [2.24, 2.45) is 4.99 Å². The molecular weight excluding hydrogens is 275 g/mol. The maximum absolute atomic E-state index is 12.4. The molecule has 1 unspecified atom stereocenters. The van der Waals surface area contributed by atoms with E-state index in [9.17, 15) is 18.0 Å². The SMILES string of the molecule is O=C(O)CCC1=NC(c2ccc(C(F)(F)F)cc2)CO1. The van der Waals surface area contributed by atoms with Gasteiger partial charge in [-0.2, -0.15) is 13.2 Å². The molecule has 0 saturated heterocycles. The fraction of sp³-hybridized carbons (Fsp3) is 0.385. The van der Waals surface area contributed by atoms with Crippen LogP contribution in [0.4, 0.5) is 13.2 Å². The first-order chi connectivity index (χ1) is 9.36. The summed E-state index contributed by atoms with van der Waals surface area (Å²) < 4.78 is 42.5. The highest BCUT2D eigenvalue weighted by molar-refractivity contribution is 5.81. The largest absolute Gasteiger partial charge is 0.481 e. The van der Waals surface area contributed by atoms with Gasteiger partial charge in [0.05, 0.1) is 12.0 Å². The maximum Gasteiger partial charge on any atom is 0.416 e. The molecule has 7 heteroatoms. The summed E-state index contributed by atoms with van der Waals surface area (Å²) >= 11 is 0. The summed E-state index contributed by atoms with van der Waals surface area (Å²) in [7, 11) is 0. The highest BCUT2D eigenvalue weighted by Crippen LogP contribution is 2.31. The van der Waals surface area contributed by atoms with Crippen molar-refractivity contribution in [2.45, 2.75) is 25.1 Å². The predicted molar refractivity (Wildman–Crippen MR) is 64.4 cm³/mol. The van der Waals surface area contributed by atoms with Gasteiger partial charge in [-0.25, -0.2) is 4.99 Å². The van der Waals surface area contributed by atoms with Gasteiger partial charge >= 0.3 is 12.1 Å². The lowest BCUT2D eigenvalue weighted by Crippen LogP contribution is -2.05. The number of aliphatic imine (C=N–C) groups is 1. The van der Waals surface area contributed by atoms with E-state index in [2.05, 4.69) is 4.99 Å². The highest BCUT2D eigenvalue weighted by Gasteiger charge is 2.30. The molecule has 1 N–H and O–H groups in total. The lowest BCUT2D eigenvalue weighted by molar-refractivity contribution is -0.138. The van der Waals surface area contributed by atoms with Crippen molar-refractivity contribution < 1.29 is 27.8 Å². The van der Waals surface area contributed by atoms with Gasteiger partial charge in [0.1, 0.15) is 12.6 Å². The number of rotatable bonds is 4. The summed E-state index contributed by atoms with van der Waals surface area (Å²) in [5.74, 6) is -0.619. The van der Waals surface area contributed by atoms with Crippen LogP contribution in [0.2, 0.25) is 0 Å². The second-order valence-electron chi connectivity index (χ2n) is 4.36. The Hall–Kier alpha value is -2.05. The first-order valence-corrected chi connectivity index (χ1v) is 5.94. The Bertz CT molecular complexity index is 523. The van der Waals surface area contributed by atoms with Gasteiger partial charge in [-0.05, 0) is 17.7 Å². The number of aliphatic carboxylic acids is 1. The van der Waals surface area contributed by atoms with Crippen LogP contribution in [0.5, 0.6) is 0 Å².